The molecule has 1 aliphatic heterocycles. The number of aromatic amines is 1. The van der Waals surface area contributed by atoms with Gasteiger partial charge >= 0.3 is 0 Å². The van der Waals surface area contributed by atoms with Gasteiger partial charge in [-0.2, -0.15) is 10.1 Å². The third kappa shape index (κ3) is 3.22. The van der Waals surface area contributed by atoms with Gasteiger partial charge in [-0.15, -0.1) is 0 Å². The summed E-state index contributed by atoms with van der Waals surface area (Å²) in [6.45, 7) is 4.53. The first-order valence-corrected chi connectivity index (χ1v) is 9.42. The van der Waals surface area contributed by atoms with Gasteiger partial charge < -0.3 is 9.30 Å². The van der Waals surface area contributed by atoms with Crippen LogP contribution in [0.3, 0.4) is 0 Å². The minimum Gasteiger partial charge on any atom is -0.379 e. The van der Waals surface area contributed by atoms with Crippen molar-refractivity contribution in [3.05, 3.63) is 57.6 Å². The van der Waals surface area contributed by atoms with Gasteiger partial charge in [0.15, 0.2) is 0 Å². The molecule has 5 rings (SSSR count). The predicted octanol–water partition coefficient (Wildman–Crippen LogP) is 0.151. The molecule has 0 aromatic carbocycles. The summed E-state index contributed by atoms with van der Waals surface area (Å²) in [5, 5.41) is 7.23. The summed E-state index contributed by atoms with van der Waals surface area (Å²) < 4.78 is 8.38. The number of aromatic nitrogens is 6. The fraction of sp³-hybridized carbons (Fsp3) is 0.316. The van der Waals surface area contributed by atoms with Gasteiger partial charge in [0.25, 0.3) is 11.1 Å². The zero-order valence-electron chi connectivity index (χ0n) is 15.6. The molecule has 1 N–H and O–H groups in total. The van der Waals surface area contributed by atoms with Crippen molar-refractivity contribution in [3.63, 3.8) is 0 Å². The van der Waals surface area contributed by atoms with Gasteiger partial charge in [-0.3, -0.25) is 19.1 Å². The van der Waals surface area contributed by atoms with Gasteiger partial charge in [0, 0.05) is 38.6 Å². The molecule has 5 heterocycles. The summed E-state index contributed by atoms with van der Waals surface area (Å²) in [6.07, 6.45) is 4.69. The van der Waals surface area contributed by atoms with Crippen LogP contribution >= 0.6 is 0 Å². The highest BCUT2D eigenvalue weighted by Gasteiger charge is 2.13. The number of fused-ring (bicyclic) bond motifs is 2. The number of nitrogens with one attached hydrogen (secondary N) is 1. The molecule has 1 saturated heterocycles. The highest BCUT2D eigenvalue weighted by atomic mass is 16.5. The Morgan fingerprint density at radius 3 is 2.52 bits per heavy atom. The number of nitrogens with zero attached hydrogens (tertiary/aromatic N) is 6. The summed E-state index contributed by atoms with van der Waals surface area (Å²) >= 11 is 0. The number of pyridine rings is 3. The van der Waals surface area contributed by atoms with Crippen LogP contribution in [0.25, 0.3) is 27.8 Å². The lowest BCUT2D eigenvalue weighted by Gasteiger charge is -2.26. The largest absolute Gasteiger partial charge is 0.379 e. The Bertz CT molecular complexity index is 1290. The molecule has 0 spiro atoms. The normalized spacial score (nSPS) is 15.3. The standard InChI is InChI=1S/C19H19N7O3/c27-17-13-11-14-16(2-4-26(18(14)28)19-20-12-21-23-19)22-15(13)1-3-25(17)6-5-24-7-9-29-10-8-24/h1-4,11-12H,5-10H2,(H,20,21,23). The zero-order valence-corrected chi connectivity index (χ0v) is 15.6. The zero-order chi connectivity index (χ0) is 19.8. The second-order valence-electron chi connectivity index (χ2n) is 6.92. The van der Waals surface area contributed by atoms with Gasteiger partial charge in [0.1, 0.15) is 6.33 Å². The number of rotatable bonds is 4. The maximum atomic E-state index is 13.0. The van der Waals surface area contributed by atoms with Crippen LogP contribution in [0.2, 0.25) is 0 Å². The SMILES string of the molecule is O=c1c2cc3c(=O)n(-c4ncn[nH]4)ccc3nc2ccn1CCN1CCOCC1. The van der Waals surface area contributed by atoms with Crippen molar-refractivity contribution in [1.29, 1.82) is 0 Å². The fourth-order valence-electron chi connectivity index (χ4n) is 3.60. The number of hydrogen-bond acceptors (Lipinski definition) is 7. The van der Waals surface area contributed by atoms with Crippen LogP contribution in [-0.4, -0.2) is 67.0 Å². The van der Waals surface area contributed by atoms with E-state index in [2.05, 4.69) is 25.1 Å². The molecule has 0 bridgehead atoms. The molecule has 0 amide bonds. The van der Waals surface area contributed by atoms with Crippen LogP contribution in [0.4, 0.5) is 0 Å². The fourth-order valence-corrected chi connectivity index (χ4v) is 3.60. The monoisotopic (exact) mass is 393 g/mol. The quantitative estimate of drug-likeness (QED) is 0.491. The first kappa shape index (κ1) is 17.7. The van der Waals surface area contributed by atoms with E-state index in [0.29, 0.717) is 34.3 Å². The highest BCUT2D eigenvalue weighted by molar-refractivity contribution is 5.91. The van der Waals surface area contributed by atoms with Crippen LogP contribution in [0.1, 0.15) is 0 Å². The number of hydrogen-bond donors (Lipinski definition) is 1. The maximum Gasteiger partial charge on any atom is 0.266 e. The summed E-state index contributed by atoms with van der Waals surface area (Å²) in [6, 6.07) is 5.17. The second kappa shape index (κ2) is 7.22. The molecule has 1 fully saturated rings. The lowest BCUT2D eigenvalue weighted by Crippen LogP contribution is -2.39. The van der Waals surface area contributed by atoms with Gasteiger partial charge in [0.05, 0.1) is 35.0 Å². The number of morpholine rings is 1. The summed E-state index contributed by atoms with van der Waals surface area (Å²) in [5.41, 5.74) is 0.641. The van der Waals surface area contributed by atoms with Crippen molar-refractivity contribution in [2.24, 2.45) is 0 Å². The van der Waals surface area contributed by atoms with E-state index in [-0.39, 0.29) is 11.1 Å². The van der Waals surface area contributed by atoms with Crippen LogP contribution < -0.4 is 11.1 Å². The molecule has 0 aliphatic carbocycles. The molecule has 0 atom stereocenters. The molecule has 0 radical (unpaired) electrons. The number of H-pyrrole nitrogens is 1. The topological polar surface area (TPSA) is 111 Å². The minimum atomic E-state index is -0.309. The van der Waals surface area contributed by atoms with E-state index in [1.165, 1.54) is 10.9 Å². The van der Waals surface area contributed by atoms with E-state index in [4.69, 9.17) is 4.74 Å². The van der Waals surface area contributed by atoms with Gasteiger partial charge in [-0.05, 0) is 18.2 Å². The lowest BCUT2D eigenvalue weighted by molar-refractivity contribution is 0.0363. The van der Waals surface area contributed by atoms with E-state index in [1.807, 2.05) is 6.07 Å². The van der Waals surface area contributed by atoms with Crippen LogP contribution in [0.15, 0.2) is 46.5 Å². The number of ether oxygens (including phenoxy) is 1. The third-order valence-electron chi connectivity index (χ3n) is 5.21. The smallest absolute Gasteiger partial charge is 0.266 e. The molecule has 29 heavy (non-hydrogen) atoms. The van der Waals surface area contributed by atoms with E-state index >= 15 is 0 Å². The van der Waals surface area contributed by atoms with E-state index in [1.54, 1.807) is 29.1 Å². The van der Waals surface area contributed by atoms with E-state index < -0.39 is 0 Å². The molecule has 0 unspecified atom stereocenters. The molecular weight excluding hydrogens is 374 g/mol. The Kier molecular flexibility index (Phi) is 4.41. The summed E-state index contributed by atoms with van der Waals surface area (Å²) in [7, 11) is 0. The van der Waals surface area contributed by atoms with Gasteiger partial charge in [-0.1, -0.05) is 0 Å². The van der Waals surface area contributed by atoms with Crippen molar-refractivity contribution in [3.8, 4) is 5.95 Å². The molecular formula is C19H19N7O3. The molecule has 10 heteroatoms. The first-order valence-electron chi connectivity index (χ1n) is 9.42. The summed E-state index contributed by atoms with van der Waals surface area (Å²) in [5.74, 6) is 0.313. The molecule has 4 aromatic rings. The van der Waals surface area contributed by atoms with Crippen LogP contribution in [-0.2, 0) is 11.3 Å². The average Bonchev–Trinajstić information content (AvgIpc) is 3.28. The molecule has 1 aliphatic rings. The summed E-state index contributed by atoms with van der Waals surface area (Å²) in [4.78, 5) is 36.7. The van der Waals surface area contributed by atoms with Crippen LogP contribution in [0, 0.1) is 0 Å². The Morgan fingerprint density at radius 1 is 1.00 bits per heavy atom. The molecule has 0 saturated carbocycles. The third-order valence-corrected chi connectivity index (χ3v) is 5.21. The minimum absolute atomic E-state index is 0.153. The van der Waals surface area contributed by atoms with Crippen molar-refractivity contribution >= 4 is 21.8 Å². The first-order chi connectivity index (χ1) is 14.2. The second-order valence-corrected chi connectivity index (χ2v) is 6.92. The Labute approximate surface area is 164 Å². The molecule has 10 nitrogen and oxygen atoms in total. The van der Waals surface area contributed by atoms with Crippen molar-refractivity contribution in [2.45, 2.75) is 6.54 Å². The molecule has 4 aromatic heterocycles. The van der Waals surface area contributed by atoms with E-state index in [9.17, 15) is 9.59 Å². The van der Waals surface area contributed by atoms with Crippen molar-refractivity contribution in [2.75, 3.05) is 32.8 Å². The van der Waals surface area contributed by atoms with Gasteiger partial charge in [0.2, 0.25) is 5.95 Å². The van der Waals surface area contributed by atoms with Crippen molar-refractivity contribution in [1.82, 2.24) is 34.2 Å². The Balaban J connectivity index is 1.56. The molecule has 148 valence electrons. The van der Waals surface area contributed by atoms with Crippen molar-refractivity contribution < 1.29 is 4.74 Å². The Morgan fingerprint density at radius 2 is 1.76 bits per heavy atom. The van der Waals surface area contributed by atoms with Crippen LogP contribution in [0.5, 0.6) is 0 Å². The maximum absolute atomic E-state index is 13.0. The average molecular weight is 393 g/mol. The highest BCUT2D eigenvalue weighted by Crippen LogP contribution is 2.15. The predicted molar refractivity (Wildman–Crippen MR) is 106 cm³/mol. The Hall–Kier alpha value is -3.37. The van der Waals surface area contributed by atoms with E-state index in [0.717, 1.165) is 32.8 Å². The lowest BCUT2D eigenvalue weighted by atomic mass is 10.2. The van der Waals surface area contributed by atoms with Gasteiger partial charge in [-0.25, -0.2) is 10.1 Å².